The molecule has 2 aromatic heterocycles. The lowest BCUT2D eigenvalue weighted by molar-refractivity contribution is 0.0316. The topological polar surface area (TPSA) is 98.6 Å². The molecule has 0 bridgehead atoms. The van der Waals surface area contributed by atoms with E-state index in [0.29, 0.717) is 16.8 Å². The second-order valence-corrected chi connectivity index (χ2v) is 5.04. The van der Waals surface area contributed by atoms with Gasteiger partial charge in [-0.2, -0.15) is 0 Å². The predicted molar refractivity (Wildman–Crippen MR) is 79.5 cm³/mol. The highest BCUT2D eigenvalue weighted by Crippen LogP contribution is 2.21. The molecule has 0 aliphatic carbocycles. The van der Waals surface area contributed by atoms with Crippen LogP contribution in [-0.4, -0.2) is 35.9 Å². The van der Waals surface area contributed by atoms with Crippen LogP contribution in [0.4, 0.5) is 0 Å². The van der Waals surface area contributed by atoms with Gasteiger partial charge in [0.2, 0.25) is 5.78 Å². The number of carbonyl (C=O) groups excluding carboxylic acids is 3. The molecule has 0 aliphatic rings. The first-order valence-electron chi connectivity index (χ1n) is 6.91. The molecule has 2 aromatic rings. The second kappa shape index (κ2) is 6.51. The van der Waals surface area contributed by atoms with Crippen molar-refractivity contribution in [1.82, 2.24) is 4.98 Å². The minimum absolute atomic E-state index is 0.218. The Morgan fingerprint density at radius 3 is 2.48 bits per heavy atom. The lowest BCUT2D eigenvalue weighted by Crippen LogP contribution is -2.25. The van der Waals surface area contributed by atoms with E-state index < -0.39 is 23.8 Å². The molecule has 0 spiro atoms. The van der Waals surface area contributed by atoms with Gasteiger partial charge in [-0.05, 0) is 32.4 Å². The third kappa shape index (κ3) is 3.18. The van der Waals surface area contributed by atoms with Gasteiger partial charge in [-0.25, -0.2) is 9.59 Å². The van der Waals surface area contributed by atoms with Gasteiger partial charge in [0, 0.05) is 5.69 Å². The highest BCUT2D eigenvalue weighted by atomic mass is 16.5. The highest BCUT2D eigenvalue weighted by Gasteiger charge is 2.27. The molecular formula is C16H17NO6. The average molecular weight is 319 g/mol. The number of hydrogen-bond donors (Lipinski definition) is 1. The predicted octanol–water partition coefficient (Wildman–Crippen LogP) is 2.44. The number of rotatable bonds is 5. The van der Waals surface area contributed by atoms with E-state index in [9.17, 15) is 14.4 Å². The first-order valence-corrected chi connectivity index (χ1v) is 6.91. The molecule has 1 N–H and O–H groups in total. The molecule has 0 unspecified atom stereocenters. The van der Waals surface area contributed by atoms with Crippen LogP contribution in [0.25, 0.3) is 0 Å². The van der Waals surface area contributed by atoms with Crippen LogP contribution in [0.5, 0.6) is 0 Å². The first-order chi connectivity index (χ1) is 10.9. The summed E-state index contributed by atoms with van der Waals surface area (Å²) in [6, 6.07) is 1.44. The molecule has 0 radical (unpaired) electrons. The van der Waals surface area contributed by atoms with Crippen LogP contribution in [0.2, 0.25) is 0 Å². The molecule has 0 aromatic carbocycles. The minimum Gasteiger partial charge on any atom is -0.472 e. The Kier molecular flexibility index (Phi) is 4.68. The second-order valence-electron chi connectivity index (χ2n) is 5.04. The molecule has 1 atom stereocenters. The van der Waals surface area contributed by atoms with Gasteiger partial charge in [-0.3, -0.25) is 4.79 Å². The van der Waals surface area contributed by atoms with Crippen molar-refractivity contribution < 1.29 is 28.3 Å². The summed E-state index contributed by atoms with van der Waals surface area (Å²) in [7, 11) is 1.27. The first kappa shape index (κ1) is 16.5. The molecule has 7 heteroatoms. The molecule has 0 amide bonds. The molecule has 0 fully saturated rings. The quantitative estimate of drug-likeness (QED) is 0.671. The maximum Gasteiger partial charge on any atom is 0.342 e. The van der Waals surface area contributed by atoms with Gasteiger partial charge in [-0.1, -0.05) is 0 Å². The fraction of sp³-hybridized carbons (Fsp3) is 0.312. The zero-order valence-corrected chi connectivity index (χ0v) is 13.3. The van der Waals surface area contributed by atoms with E-state index in [1.54, 1.807) is 13.8 Å². The maximum atomic E-state index is 12.5. The summed E-state index contributed by atoms with van der Waals surface area (Å²) in [5, 5.41) is 0. The van der Waals surface area contributed by atoms with Gasteiger partial charge < -0.3 is 18.9 Å². The van der Waals surface area contributed by atoms with E-state index >= 15 is 0 Å². The Balaban J connectivity index is 2.20. The van der Waals surface area contributed by atoms with Gasteiger partial charge in [0.1, 0.15) is 6.26 Å². The van der Waals surface area contributed by atoms with E-state index in [-0.39, 0.29) is 11.3 Å². The Hall–Kier alpha value is -2.83. The lowest BCUT2D eigenvalue weighted by Gasteiger charge is -2.11. The molecule has 122 valence electrons. The Labute approximate surface area is 132 Å². The fourth-order valence-corrected chi connectivity index (χ4v) is 2.27. The SMILES string of the molecule is COC(=O)c1c(C)[nH]c(C(=O)[C@H](C)OC(=O)c2ccoc2)c1C. The average Bonchev–Trinajstić information content (AvgIpc) is 3.14. The van der Waals surface area contributed by atoms with Gasteiger partial charge >= 0.3 is 11.9 Å². The van der Waals surface area contributed by atoms with Crippen LogP contribution >= 0.6 is 0 Å². The van der Waals surface area contributed by atoms with Crippen molar-refractivity contribution in [2.75, 3.05) is 7.11 Å². The van der Waals surface area contributed by atoms with Crippen LogP contribution in [0.15, 0.2) is 23.0 Å². The summed E-state index contributed by atoms with van der Waals surface area (Å²) in [6.45, 7) is 4.76. The largest absolute Gasteiger partial charge is 0.472 e. The molecule has 7 nitrogen and oxygen atoms in total. The molecule has 0 aliphatic heterocycles. The van der Waals surface area contributed by atoms with Crippen molar-refractivity contribution in [2.45, 2.75) is 26.9 Å². The fourth-order valence-electron chi connectivity index (χ4n) is 2.27. The molecule has 2 heterocycles. The van der Waals surface area contributed by atoms with Crippen LogP contribution in [0, 0.1) is 13.8 Å². The summed E-state index contributed by atoms with van der Waals surface area (Å²) >= 11 is 0. The van der Waals surface area contributed by atoms with Crippen molar-refractivity contribution in [3.63, 3.8) is 0 Å². The molecule has 23 heavy (non-hydrogen) atoms. The zero-order valence-electron chi connectivity index (χ0n) is 13.3. The number of aryl methyl sites for hydroxylation is 1. The Bertz CT molecular complexity index is 741. The van der Waals surface area contributed by atoms with Crippen molar-refractivity contribution in [3.05, 3.63) is 46.7 Å². The lowest BCUT2D eigenvalue weighted by atomic mass is 10.1. The van der Waals surface area contributed by atoms with E-state index in [2.05, 4.69) is 4.98 Å². The number of esters is 2. The number of ether oxygens (including phenoxy) is 2. The van der Waals surface area contributed by atoms with Crippen LogP contribution in [-0.2, 0) is 9.47 Å². The summed E-state index contributed by atoms with van der Waals surface area (Å²) in [5.41, 5.74) is 1.73. The number of H-pyrrole nitrogens is 1. The highest BCUT2D eigenvalue weighted by molar-refractivity contribution is 6.04. The van der Waals surface area contributed by atoms with Crippen molar-refractivity contribution >= 4 is 17.7 Å². The number of carbonyl (C=O) groups is 3. The van der Waals surface area contributed by atoms with Gasteiger partial charge in [0.05, 0.1) is 30.2 Å². The molecular weight excluding hydrogens is 302 g/mol. The van der Waals surface area contributed by atoms with Gasteiger partial charge in [0.15, 0.2) is 6.10 Å². The van der Waals surface area contributed by atoms with Crippen molar-refractivity contribution in [1.29, 1.82) is 0 Å². The van der Waals surface area contributed by atoms with E-state index in [1.807, 2.05) is 0 Å². The van der Waals surface area contributed by atoms with Crippen LogP contribution in [0.1, 0.15) is 49.4 Å². The number of Topliss-reactive ketones (excluding diaryl/α,β-unsaturated/α-hetero) is 1. The Morgan fingerprint density at radius 2 is 1.91 bits per heavy atom. The van der Waals surface area contributed by atoms with Crippen molar-refractivity contribution in [2.24, 2.45) is 0 Å². The summed E-state index contributed by atoms with van der Waals surface area (Å²) < 4.78 is 14.6. The number of hydrogen-bond acceptors (Lipinski definition) is 6. The molecule has 2 rings (SSSR count). The third-order valence-electron chi connectivity index (χ3n) is 3.48. The smallest absolute Gasteiger partial charge is 0.342 e. The standard InChI is InChI=1S/C16H17NO6/c1-8-12(16(20)21-4)9(2)17-13(8)14(18)10(3)23-15(19)11-5-6-22-7-11/h5-7,10,17H,1-4H3/t10-/m0/s1. The number of furan rings is 1. The number of ketones is 1. The van der Waals surface area contributed by atoms with Crippen molar-refractivity contribution in [3.8, 4) is 0 Å². The van der Waals surface area contributed by atoms with E-state index in [1.165, 1.54) is 32.6 Å². The monoisotopic (exact) mass is 319 g/mol. The summed E-state index contributed by atoms with van der Waals surface area (Å²) in [6.07, 6.45) is 1.56. The summed E-state index contributed by atoms with van der Waals surface area (Å²) in [4.78, 5) is 38.9. The third-order valence-corrected chi connectivity index (χ3v) is 3.48. The maximum absolute atomic E-state index is 12.5. The minimum atomic E-state index is -1.01. The van der Waals surface area contributed by atoms with Gasteiger partial charge in [0.25, 0.3) is 0 Å². The number of nitrogens with one attached hydrogen (secondary N) is 1. The zero-order chi connectivity index (χ0) is 17.1. The van der Waals surface area contributed by atoms with Crippen LogP contribution < -0.4 is 0 Å². The number of aromatic amines is 1. The normalized spacial score (nSPS) is 11.8. The van der Waals surface area contributed by atoms with Gasteiger partial charge in [-0.15, -0.1) is 0 Å². The molecule has 0 saturated heterocycles. The number of methoxy groups -OCH3 is 1. The van der Waals surface area contributed by atoms with E-state index in [4.69, 9.17) is 13.9 Å². The number of aromatic nitrogens is 1. The summed E-state index contributed by atoms with van der Waals surface area (Å²) in [5.74, 6) is -1.62. The van der Waals surface area contributed by atoms with Crippen LogP contribution in [0.3, 0.4) is 0 Å². The molecule has 0 saturated carbocycles. The Morgan fingerprint density at radius 1 is 1.22 bits per heavy atom. The van der Waals surface area contributed by atoms with E-state index in [0.717, 1.165) is 0 Å².